The Morgan fingerprint density at radius 1 is 0.595 bits per heavy atom. The van der Waals surface area contributed by atoms with E-state index in [0.29, 0.717) is 76.7 Å². The maximum Gasteiger partial charge on any atom is 0.223 e. The Balaban J connectivity index is 4.09. The summed E-state index contributed by atoms with van der Waals surface area (Å²) >= 11 is 2.28. The average molecular weight is 633 g/mol. The SMILES string of the molecule is CNCCN(CCNC(=O)CCCCCCC(=O)NCCN(CCNC)C(=O)CCSC(=N)N)C(=O)CCSC(=N)N. The summed E-state index contributed by atoms with van der Waals surface area (Å²) in [5, 5.41) is 26.2. The molecule has 0 heterocycles. The smallest absolute Gasteiger partial charge is 0.223 e. The number of unbranched alkanes of at least 4 members (excludes halogenated alkanes) is 3. The van der Waals surface area contributed by atoms with Gasteiger partial charge in [-0.15, -0.1) is 0 Å². The second kappa shape index (κ2) is 26.1. The van der Waals surface area contributed by atoms with Crippen molar-refractivity contribution < 1.29 is 19.2 Å². The summed E-state index contributed by atoms with van der Waals surface area (Å²) in [5.74, 6) is 0.738. The van der Waals surface area contributed by atoms with Gasteiger partial charge in [-0.1, -0.05) is 36.4 Å². The first-order valence-corrected chi connectivity index (χ1v) is 16.4. The molecule has 10 N–H and O–H groups in total. The summed E-state index contributed by atoms with van der Waals surface area (Å²) in [6.07, 6.45) is 4.50. The van der Waals surface area contributed by atoms with Crippen molar-refractivity contribution in [3.8, 4) is 0 Å². The quantitative estimate of drug-likeness (QED) is 0.0372. The Labute approximate surface area is 259 Å². The van der Waals surface area contributed by atoms with Gasteiger partial charge in [0, 0.05) is 89.5 Å². The molecule has 0 rings (SSSR count). The van der Waals surface area contributed by atoms with Crippen molar-refractivity contribution >= 4 is 57.5 Å². The molecule has 0 aliphatic carbocycles. The van der Waals surface area contributed by atoms with Gasteiger partial charge in [0.05, 0.1) is 0 Å². The number of nitrogens with one attached hydrogen (secondary N) is 6. The molecule has 0 aliphatic rings. The van der Waals surface area contributed by atoms with Crippen molar-refractivity contribution in [3.63, 3.8) is 0 Å². The van der Waals surface area contributed by atoms with Gasteiger partial charge in [0.1, 0.15) is 0 Å². The number of nitrogens with zero attached hydrogens (tertiary/aromatic N) is 2. The van der Waals surface area contributed by atoms with Crippen molar-refractivity contribution in [2.45, 2.75) is 51.4 Å². The minimum atomic E-state index is -0.0573. The van der Waals surface area contributed by atoms with Crippen LogP contribution in [0, 0.1) is 10.8 Å². The number of amides is 4. The molecule has 0 aromatic heterocycles. The molecule has 0 bridgehead atoms. The van der Waals surface area contributed by atoms with Gasteiger partial charge < -0.3 is 42.5 Å². The lowest BCUT2D eigenvalue weighted by Crippen LogP contribution is -2.41. The number of carbonyl (C=O) groups excluding carboxylic acids is 4. The van der Waals surface area contributed by atoms with Crippen LogP contribution < -0.4 is 32.7 Å². The fourth-order valence-electron chi connectivity index (χ4n) is 3.79. The van der Waals surface area contributed by atoms with E-state index in [1.165, 1.54) is 0 Å². The Kier molecular flexibility index (Phi) is 24.5. The number of carbonyl (C=O) groups is 4. The zero-order chi connectivity index (χ0) is 31.6. The van der Waals surface area contributed by atoms with E-state index >= 15 is 0 Å². The first-order valence-electron chi connectivity index (χ1n) is 14.4. The number of thioether (sulfide) groups is 2. The van der Waals surface area contributed by atoms with Gasteiger partial charge in [-0.3, -0.25) is 30.0 Å². The van der Waals surface area contributed by atoms with Crippen LogP contribution in [-0.4, -0.2) is 122 Å². The Morgan fingerprint density at radius 2 is 0.952 bits per heavy atom. The third-order valence-electron chi connectivity index (χ3n) is 6.08. The molecular weight excluding hydrogens is 580 g/mol. The number of hydrogen-bond acceptors (Lipinski definition) is 10. The summed E-state index contributed by atoms with van der Waals surface area (Å²) in [5.41, 5.74) is 10.6. The number of rotatable bonds is 25. The van der Waals surface area contributed by atoms with Crippen LogP contribution in [-0.2, 0) is 19.2 Å². The second-order valence-corrected chi connectivity index (χ2v) is 11.8. The third kappa shape index (κ3) is 23.1. The maximum absolute atomic E-state index is 12.4. The third-order valence-corrected chi connectivity index (χ3v) is 7.52. The first-order chi connectivity index (χ1) is 20.1. The monoisotopic (exact) mass is 632 g/mol. The van der Waals surface area contributed by atoms with Crippen LogP contribution in [0.25, 0.3) is 0 Å². The molecule has 0 spiro atoms. The summed E-state index contributed by atoms with van der Waals surface area (Å²) in [6, 6.07) is 0. The molecule has 0 aromatic carbocycles. The number of hydrogen-bond donors (Lipinski definition) is 8. The lowest BCUT2D eigenvalue weighted by Gasteiger charge is -2.23. The summed E-state index contributed by atoms with van der Waals surface area (Å²) in [7, 11) is 3.63. The molecule has 0 aromatic rings. The molecule has 0 fully saturated rings. The van der Waals surface area contributed by atoms with E-state index in [1.54, 1.807) is 9.80 Å². The van der Waals surface area contributed by atoms with Crippen LogP contribution in [0.15, 0.2) is 0 Å². The van der Waals surface area contributed by atoms with Crippen molar-refractivity contribution in [3.05, 3.63) is 0 Å². The van der Waals surface area contributed by atoms with Gasteiger partial charge in [0.15, 0.2) is 10.3 Å². The van der Waals surface area contributed by atoms with Crippen LogP contribution in [0.3, 0.4) is 0 Å². The van der Waals surface area contributed by atoms with Crippen LogP contribution in [0.2, 0.25) is 0 Å². The molecule has 16 heteroatoms. The van der Waals surface area contributed by atoms with Crippen LogP contribution >= 0.6 is 23.5 Å². The summed E-state index contributed by atoms with van der Waals surface area (Å²) < 4.78 is 0. The van der Waals surface area contributed by atoms with Crippen molar-refractivity contribution in [2.75, 3.05) is 78.0 Å². The fraction of sp³-hybridized carbons (Fsp3) is 0.769. The lowest BCUT2D eigenvalue weighted by atomic mass is 10.1. The highest BCUT2D eigenvalue weighted by Gasteiger charge is 2.15. The number of amidine groups is 2. The largest absolute Gasteiger partial charge is 0.379 e. The molecule has 0 unspecified atom stereocenters. The van der Waals surface area contributed by atoms with Gasteiger partial charge >= 0.3 is 0 Å². The van der Waals surface area contributed by atoms with Gasteiger partial charge in [0.2, 0.25) is 23.6 Å². The van der Waals surface area contributed by atoms with E-state index in [2.05, 4.69) is 21.3 Å². The highest BCUT2D eigenvalue weighted by atomic mass is 32.2. The van der Waals surface area contributed by atoms with Gasteiger partial charge in [-0.25, -0.2) is 0 Å². The van der Waals surface area contributed by atoms with Crippen molar-refractivity contribution in [1.29, 1.82) is 10.8 Å². The predicted octanol–water partition coefficient (Wildman–Crippen LogP) is -0.311. The first kappa shape index (κ1) is 39.4. The topological polar surface area (TPSA) is 223 Å². The highest BCUT2D eigenvalue weighted by molar-refractivity contribution is 8.13. The molecule has 0 saturated heterocycles. The van der Waals surface area contributed by atoms with E-state index in [4.69, 9.17) is 22.3 Å². The fourth-order valence-corrected chi connectivity index (χ4v) is 4.78. The minimum absolute atomic E-state index is 0.00810. The highest BCUT2D eigenvalue weighted by Crippen LogP contribution is 2.07. The number of likely N-dealkylation sites (N-methyl/N-ethyl adjacent to an activating group) is 2. The zero-order valence-corrected chi connectivity index (χ0v) is 26.9. The minimum Gasteiger partial charge on any atom is -0.379 e. The predicted molar refractivity (Wildman–Crippen MR) is 173 cm³/mol. The van der Waals surface area contributed by atoms with Crippen molar-refractivity contribution in [2.24, 2.45) is 11.5 Å². The van der Waals surface area contributed by atoms with Crippen LogP contribution in [0.1, 0.15) is 51.4 Å². The van der Waals surface area contributed by atoms with Crippen molar-refractivity contribution in [1.82, 2.24) is 31.1 Å². The average Bonchev–Trinajstić information content (AvgIpc) is 2.93. The van der Waals surface area contributed by atoms with E-state index < -0.39 is 0 Å². The molecular formula is C26H52N10O4S2. The van der Waals surface area contributed by atoms with E-state index in [0.717, 1.165) is 49.2 Å². The second-order valence-electron chi connectivity index (χ2n) is 9.51. The maximum atomic E-state index is 12.4. The Morgan fingerprint density at radius 3 is 1.29 bits per heavy atom. The van der Waals surface area contributed by atoms with E-state index in [9.17, 15) is 19.2 Å². The van der Waals surface area contributed by atoms with Crippen LogP contribution in [0.4, 0.5) is 0 Å². The molecule has 0 aliphatic heterocycles. The molecule has 0 atom stereocenters. The standard InChI is InChI=1S/C26H52N10O4S2/c1-31-11-15-35(23(39)9-19-41-25(27)28)17-13-33-21(37)7-5-3-4-6-8-22(38)34-14-18-36(16-12-32-2)24(40)10-20-42-26(29)30/h31-32H,3-20H2,1-2H3,(H3,27,28)(H3,29,30)(H,33,37)(H,34,38). The van der Waals surface area contributed by atoms with Crippen LogP contribution in [0.5, 0.6) is 0 Å². The van der Waals surface area contributed by atoms with Gasteiger partial charge in [-0.2, -0.15) is 0 Å². The Hall–Kier alpha value is -2.56. The molecule has 4 amide bonds. The normalized spacial score (nSPS) is 10.6. The van der Waals surface area contributed by atoms with Gasteiger partial charge in [0.25, 0.3) is 0 Å². The van der Waals surface area contributed by atoms with E-state index in [-0.39, 0.29) is 46.8 Å². The van der Waals surface area contributed by atoms with Gasteiger partial charge in [-0.05, 0) is 26.9 Å². The molecule has 14 nitrogen and oxygen atoms in total. The Bertz CT molecular complexity index is 769. The van der Waals surface area contributed by atoms with E-state index in [1.807, 2.05) is 14.1 Å². The molecule has 42 heavy (non-hydrogen) atoms. The molecule has 0 saturated carbocycles. The summed E-state index contributed by atoms with van der Waals surface area (Å²) in [4.78, 5) is 52.7. The lowest BCUT2D eigenvalue weighted by molar-refractivity contribution is -0.131. The summed E-state index contributed by atoms with van der Waals surface area (Å²) in [6.45, 7) is 3.98. The number of nitrogens with two attached hydrogens (primary N) is 2. The molecule has 0 radical (unpaired) electrons. The molecule has 242 valence electrons. The zero-order valence-electron chi connectivity index (χ0n) is 25.2.